The van der Waals surface area contributed by atoms with Crippen molar-refractivity contribution < 1.29 is 19.1 Å². The van der Waals surface area contributed by atoms with Gasteiger partial charge < -0.3 is 20.0 Å². The van der Waals surface area contributed by atoms with Crippen LogP contribution in [-0.2, 0) is 9.63 Å². The van der Waals surface area contributed by atoms with Gasteiger partial charge in [0, 0.05) is 16.1 Å². The summed E-state index contributed by atoms with van der Waals surface area (Å²) >= 11 is 3.33. The molecule has 0 aromatic heterocycles. The third-order valence-corrected chi connectivity index (χ3v) is 3.72. The van der Waals surface area contributed by atoms with Crippen LogP contribution in [0.2, 0.25) is 0 Å². The van der Waals surface area contributed by atoms with E-state index in [9.17, 15) is 4.79 Å². The predicted molar refractivity (Wildman–Crippen MR) is 99.5 cm³/mol. The van der Waals surface area contributed by atoms with Crippen LogP contribution in [0.15, 0.2) is 58.2 Å². The molecule has 2 rings (SSSR count). The Balaban J connectivity index is 2.01. The first-order chi connectivity index (χ1) is 12.0. The fourth-order valence-electron chi connectivity index (χ4n) is 1.92. The van der Waals surface area contributed by atoms with Gasteiger partial charge in [0.25, 0.3) is 0 Å². The van der Waals surface area contributed by atoms with Crippen molar-refractivity contribution in [3.05, 3.63) is 64.1 Å². The van der Waals surface area contributed by atoms with Gasteiger partial charge in [-0.2, -0.15) is 0 Å². The second kappa shape index (κ2) is 8.89. The highest BCUT2D eigenvalue weighted by atomic mass is 79.9. The van der Waals surface area contributed by atoms with Gasteiger partial charge in [-0.25, -0.2) is 4.79 Å². The van der Waals surface area contributed by atoms with E-state index in [0.717, 1.165) is 10.0 Å². The SMILES string of the molecule is COc1ccc(/C=C/C(=O)O/N=C(\N)c2ccc(Br)cc2)cc1OC. The Hall–Kier alpha value is -2.80. The second-order valence-corrected chi connectivity index (χ2v) is 5.76. The number of nitrogens with zero attached hydrogens (tertiary/aromatic N) is 1. The number of hydrogen-bond donors (Lipinski definition) is 1. The molecule has 0 atom stereocenters. The monoisotopic (exact) mass is 404 g/mol. The fourth-order valence-corrected chi connectivity index (χ4v) is 2.18. The first-order valence-corrected chi connectivity index (χ1v) is 8.03. The van der Waals surface area contributed by atoms with Crippen LogP contribution in [0.25, 0.3) is 6.08 Å². The van der Waals surface area contributed by atoms with Gasteiger partial charge in [-0.1, -0.05) is 39.3 Å². The summed E-state index contributed by atoms with van der Waals surface area (Å²) in [6, 6.07) is 12.4. The van der Waals surface area contributed by atoms with E-state index in [1.54, 1.807) is 50.6 Å². The van der Waals surface area contributed by atoms with Gasteiger partial charge in [0.05, 0.1) is 14.2 Å². The maximum Gasteiger partial charge on any atom is 0.358 e. The molecule has 6 nitrogen and oxygen atoms in total. The Labute approximate surface area is 154 Å². The number of amidine groups is 1. The number of carbonyl (C=O) groups is 1. The number of nitrogens with two attached hydrogens (primary N) is 1. The van der Waals surface area contributed by atoms with E-state index < -0.39 is 5.97 Å². The van der Waals surface area contributed by atoms with Crippen LogP contribution in [-0.4, -0.2) is 26.0 Å². The Morgan fingerprint density at radius 2 is 1.76 bits per heavy atom. The molecule has 0 aliphatic heterocycles. The minimum absolute atomic E-state index is 0.111. The largest absolute Gasteiger partial charge is 0.493 e. The Kier molecular flexibility index (Phi) is 6.59. The topological polar surface area (TPSA) is 83.1 Å². The van der Waals surface area contributed by atoms with Gasteiger partial charge in [0.2, 0.25) is 0 Å². The molecular formula is C18H17BrN2O4. The molecule has 2 aromatic carbocycles. The average Bonchev–Trinajstić information content (AvgIpc) is 2.64. The minimum atomic E-state index is -0.644. The molecule has 25 heavy (non-hydrogen) atoms. The van der Waals surface area contributed by atoms with E-state index in [1.807, 2.05) is 12.1 Å². The smallest absolute Gasteiger partial charge is 0.358 e. The number of hydrogen-bond acceptors (Lipinski definition) is 5. The first kappa shape index (κ1) is 18.5. The molecule has 2 aromatic rings. The van der Waals surface area contributed by atoms with Crippen molar-refractivity contribution in [1.82, 2.24) is 0 Å². The summed E-state index contributed by atoms with van der Waals surface area (Å²) in [4.78, 5) is 16.5. The fraction of sp³-hybridized carbons (Fsp3) is 0.111. The van der Waals surface area contributed by atoms with Crippen LogP contribution in [0.3, 0.4) is 0 Å². The number of benzene rings is 2. The Morgan fingerprint density at radius 3 is 2.40 bits per heavy atom. The lowest BCUT2D eigenvalue weighted by Gasteiger charge is -2.07. The number of rotatable bonds is 6. The van der Waals surface area contributed by atoms with Gasteiger partial charge in [-0.05, 0) is 35.9 Å². The molecule has 0 amide bonds. The predicted octanol–water partition coefficient (Wildman–Crippen LogP) is 3.34. The highest BCUT2D eigenvalue weighted by molar-refractivity contribution is 9.10. The third kappa shape index (κ3) is 5.36. The summed E-state index contributed by atoms with van der Waals surface area (Å²) in [6.07, 6.45) is 2.83. The van der Waals surface area contributed by atoms with Crippen LogP contribution in [0.5, 0.6) is 11.5 Å². The van der Waals surface area contributed by atoms with Crippen molar-refractivity contribution in [3.8, 4) is 11.5 Å². The van der Waals surface area contributed by atoms with Crippen molar-refractivity contribution in [2.24, 2.45) is 10.9 Å². The molecule has 0 fully saturated rings. The molecule has 130 valence electrons. The first-order valence-electron chi connectivity index (χ1n) is 7.24. The summed E-state index contributed by atoms with van der Waals surface area (Å²) in [7, 11) is 3.10. The summed E-state index contributed by atoms with van der Waals surface area (Å²) in [5, 5.41) is 3.63. The van der Waals surface area contributed by atoms with Crippen molar-refractivity contribution >= 4 is 33.8 Å². The molecule has 0 bridgehead atoms. The molecule has 0 aliphatic rings. The van der Waals surface area contributed by atoms with Crippen LogP contribution in [0, 0.1) is 0 Å². The molecule has 0 unspecified atom stereocenters. The maximum atomic E-state index is 11.7. The normalized spacial score (nSPS) is 11.4. The Morgan fingerprint density at radius 1 is 1.08 bits per heavy atom. The van der Waals surface area contributed by atoms with Crippen LogP contribution in [0.4, 0.5) is 0 Å². The molecule has 0 saturated heterocycles. The number of oxime groups is 1. The van der Waals surface area contributed by atoms with Gasteiger partial charge in [-0.3, -0.25) is 0 Å². The highest BCUT2D eigenvalue weighted by Gasteiger charge is 2.04. The molecule has 0 heterocycles. The van der Waals surface area contributed by atoms with E-state index >= 15 is 0 Å². The van der Waals surface area contributed by atoms with Crippen molar-refractivity contribution in [2.45, 2.75) is 0 Å². The molecular weight excluding hydrogens is 388 g/mol. The van der Waals surface area contributed by atoms with Crippen LogP contribution < -0.4 is 15.2 Å². The molecule has 0 radical (unpaired) electrons. The van der Waals surface area contributed by atoms with Crippen molar-refractivity contribution in [3.63, 3.8) is 0 Å². The van der Waals surface area contributed by atoms with E-state index in [2.05, 4.69) is 21.1 Å². The zero-order valence-electron chi connectivity index (χ0n) is 13.7. The number of carbonyl (C=O) groups excluding carboxylic acids is 1. The molecule has 2 N–H and O–H groups in total. The van der Waals surface area contributed by atoms with Crippen molar-refractivity contribution in [2.75, 3.05) is 14.2 Å². The summed E-state index contributed by atoms with van der Waals surface area (Å²) in [5.74, 6) is 0.639. The molecule has 0 saturated carbocycles. The quantitative estimate of drug-likeness (QED) is 0.262. The summed E-state index contributed by atoms with van der Waals surface area (Å²) < 4.78 is 11.3. The van der Waals surface area contributed by atoms with E-state index in [1.165, 1.54) is 6.08 Å². The Bertz CT molecular complexity index is 801. The third-order valence-electron chi connectivity index (χ3n) is 3.19. The van der Waals surface area contributed by atoms with Crippen molar-refractivity contribution in [1.29, 1.82) is 0 Å². The molecule has 0 aliphatic carbocycles. The average molecular weight is 405 g/mol. The number of ether oxygens (including phenoxy) is 2. The van der Waals surface area contributed by atoms with Gasteiger partial charge in [0.1, 0.15) is 0 Å². The standard InChI is InChI=1S/C18H17BrN2O4/c1-23-15-9-3-12(11-16(15)24-2)4-10-17(22)25-21-18(20)13-5-7-14(19)8-6-13/h3-11H,1-2H3,(H2,20,21)/b10-4+. The summed E-state index contributed by atoms with van der Waals surface area (Å²) in [6.45, 7) is 0. The highest BCUT2D eigenvalue weighted by Crippen LogP contribution is 2.27. The molecule has 0 spiro atoms. The van der Waals surface area contributed by atoms with Gasteiger partial charge >= 0.3 is 5.97 Å². The second-order valence-electron chi connectivity index (χ2n) is 4.84. The van der Waals surface area contributed by atoms with Crippen LogP contribution >= 0.6 is 15.9 Å². The minimum Gasteiger partial charge on any atom is -0.493 e. The van der Waals surface area contributed by atoms with E-state index in [0.29, 0.717) is 17.1 Å². The lowest BCUT2D eigenvalue weighted by atomic mass is 10.2. The zero-order valence-corrected chi connectivity index (χ0v) is 15.3. The zero-order chi connectivity index (χ0) is 18.2. The maximum absolute atomic E-state index is 11.7. The lowest BCUT2D eigenvalue weighted by Crippen LogP contribution is -2.14. The van der Waals surface area contributed by atoms with Crippen LogP contribution in [0.1, 0.15) is 11.1 Å². The number of methoxy groups -OCH3 is 2. The summed E-state index contributed by atoms with van der Waals surface area (Å²) in [5.41, 5.74) is 7.18. The van der Waals surface area contributed by atoms with Gasteiger partial charge in [-0.15, -0.1) is 0 Å². The molecule has 7 heteroatoms. The van der Waals surface area contributed by atoms with E-state index in [-0.39, 0.29) is 5.84 Å². The lowest BCUT2D eigenvalue weighted by molar-refractivity contribution is -0.137. The number of halogens is 1. The van der Waals surface area contributed by atoms with E-state index in [4.69, 9.17) is 20.0 Å². The van der Waals surface area contributed by atoms with Gasteiger partial charge in [0.15, 0.2) is 17.3 Å².